The number of likely N-dealkylation sites (tertiary alicyclic amines) is 1. The molecule has 8 heteroatoms. The molecular formula is C19H27MgN3O3S. The lowest BCUT2D eigenvalue weighted by Crippen LogP contribution is -2.36. The summed E-state index contributed by atoms with van der Waals surface area (Å²) in [4.78, 5) is 28.5. The van der Waals surface area contributed by atoms with Crippen molar-refractivity contribution in [2.24, 2.45) is 0 Å². The molecule has 0 atom stereocenters. The van der Waals surface area contributed by atoms with Crippen LogP contribution in [0, 0.1) is 0 Å². The normalized spacial score (nSPS) is 15.1. The number of carbonyl (C=O) groups is 1. The van der Waals surface area contributed by atoms with Gasteiger partial charge in [0.1, 0.15) is 16.1 Å². The van der Waals surface area contributed by atoms with E-state index >= 15 is 0 Å². The van der Waals surface area contributed by atoms with E-state index in [0.717, 1.165) is 26.1 Å². The minimum atomic E-state index is -0.492. The van der Waals surface area contributed by atoms with Crippen molar-refractivity contribution < 1.29 is 9.90 Å². The molecule has 1 saturated heterocycles. The first kappa shape index (κ1) is 22.2. The molecule has 0 unspecified atom stereocenters. The Labute approximate surface area is 179 Å². The molecule has 2 aromatic heterocycles. The zero-order chi connectivity index (χ0) is 18.7. The van der Waals surface area contributed by atoms with Crippen molar-refractivity contribution in [3.05, 3.63) is 27.4 Å². The summed E-state index contributed by atoms with van der Waals surface area (Å²) in [5.74, 6) is -0.703. The van der Waals surface area contributed by atoms with Gasteiger partial charge in [-0.1, -0.05) is 6.42 Å². The third-order valence-corrected chi connectivity index (χ3v) is 5.83. The number of thiophene rings is 1. The topological polar surface area (TPSA) is 74.6 Å². The number of rotatable bonds is 6. The predicted octanol–water partition coefficient (Wildman–Crippen LogP) is 2.57. The monoisotopic (exact) mass is 401 g/mol. The van der Waals surface area contributed by atoms with Gasteiger partial charge in [0, 0.05) is 35.6 Å². The Hall–Kier alpha value is -1.09. The molecule has 0 saturated carbocycles. The van der Waals surface area contributed by atoms with Crippen LogP contribution in [0.25, 0.3) is 10.2 Å². The summed E-state index contributed by atoms with van der Waals surface area (Å²) in [6, 6.07) is 1.66. The molecule has 2 radical (unpaired) electrons. The van der Waals surface area contributed by atoms with Crippen LogP contribution in [0.4, 0.5) is 0 Å². The lowest BCUT2D eigenvalue weighted by molar-refractivity contribution is 0.0946. The summed E-state index contributed by atoms with van der Waals surface area (Å²) < 4.78 is 1.59. The van der Waals surface area contributed by atoms with E-state index in [-0.39, 0.29) is 40.4 Å². The molecule has 3 rings (SSSR count). The molecule has 0 aromatic carbocycles. The zero-order valence-electron chi connectivity index (χ0n) is 16.2. The minimum absolute atomic E-state index is 0. The second-order valence-corrected chi connectivity index (χ2v) is 8.04. The maximum atomic E-state index is 12.8. The van der Waals surface area contributed by atoms with Gasteiger partial charge in [-0.2, -0.15) is 0 Å². The smallest absolute Gasteiger partial charge is 0.268 e. The van der Waals surface area contributed by atoms with Gasteiger partial charge in [-0.05, 0) is 64.2 Å². The number of hydrogen-bond donors (Lipinski definition) is 2. The fraction of sp³-hybridized carbons (Fsp3) is 0.579. The Morgan fingerprint density at radius 1 is 1.30 bits per heavy atom. The van der Waals surface area contributed by atoms with Gasteiger partial charge in [0.05, 0.1) is 5.39 Å². The van der Waals surface area contributed by atoms with Crippen molar-refractivity contribution in [3.8, 4) is 5.75 Å². The predicted molar refractivity (Wildman–Crippen MR) is 111 cm³/mol. The average Bonchev–Trinajstić information content (AvgIpc) is 3.09. The second kappa shape index (κ2) is 9.91. The van der Waals surface area contributed by atoms with E-state index in [0.29, 0.717) is 16.8 Å². The minimum Gasteiger partial charge on any atom is -0.506 e. The molecule has 6 nitrogen and oxygen atoms in total. The Morgan fingerprint density at radius 2 is 2.00 bits per heavy atom. The van der Waals surface area contributed by atoms with Crippen LogP contribution in [0.15, 0.2) is 16.2 Å². The number of piperidine rings is 1. The van der Waals surface area contributed by atoms with E-state index in [1.54, 1.807) is 10.6 Å². The van der Waals surface area contributed by atoms with Crippen LogP contribution >= 0.6 is 11.3 Å². The fourth-order valence-electron chi connectivity index (χ4n) is 3.57. The van der Waals surface area contributed by atoms with Crippen molar-refractivity contribution in [3.63, 3.8) is 0 Å². The van der Waals surface area contributed by atoms with Crippen LogP contribution < -0.4 is 10.9 Å². The highest BCUT2D eigenvalue weighted by Crippen LogP contribution is 2.31. The highest BCUT2D eigenvalue weighted by atomic mass is 32.1. The molecule has 3 heterocycles. The van der Waals surface area contributed by atoms with Gasteiger partial charge in [0.25, 0.3) is 11.5 Å². The molecule has 27 heavy (non-hydrogen) atoms. The molecule has 0 spiro atoms. The standard InChI is InChI=1S/C19H27N3O3S.Mg/c1-13(2)22-18(25)15(16(23)14-7-12-26-19(14)22)17(24)20-8-6-11-21-9-4-3-5-10-21;/h7,12-13,23H,3-6,8-11H2,1-2H3,(H,20,24);. The summed E-state index contributed by atoms with van der Waals surface area (Å²) in [5, 5.41) is 15.7. The van der Waals surface area contributed by atoms with Gasteiger partial charge in [0.2, 0.25) is 0 Å². The van der Waals surface area contributed by atoms with Gasteiger partial charge in [-0.25, -0.2) is 0 Å². The van der Waals surface area contributed by atoms with Gasteiger partial charge >= 0.3 is 0 Å². The number of aromatic hydroxyl groups is 1. The number of pyridine rings is 1. The van der Waals surface area contributed by atoms with Crippen LogP contribution in [0.3, 0.4) is 0 Å². The summed E-state index contributed by atoms with van der Waals surface area (Å²) >= 11 is 1.39. The molecule has 1 aliphatic heterocycles. The molecule has 0 aliphatic carbocycles. The quantitative estimate of drug-likeness (QED) is 0.576. The first-order valence-electron chi connectivity index (χ1n) is 9.36. The summed E-state index contributed by atoms with van der Waals surface area (Å²) in [6.07, 6.45) is 4.64. The Bertz CT molecular complexity index is 841. The number of fused-ring (bicyclic) bond motifs is 1. The van der Waals surface area contributed by atoms with E-state index in [2.05, 4.69) is 10.2 Å². The number of carbonyl (C=O) groups excluding carboxylic acids is 1. The number of nitrogens with one attached hydrogen (secondary N) is 1. The first-order chi connectivity index (χ1) is 12.5. The molecule has 1 fully saturated rings. The van der Waals surface area contributed by atoms with Crippen molar-refractivity contribution in [1.82, 2.24) is 14.8 Å². The first-order valence-corrected chi connectivity index (χ1v) is 10.2. The van der Waals surface area contributed by atoms with E-state index in [1.807, 2.05) is 19.2 Å². The third-order valence-electron chi connectivity index (χ3n) is 4.92. The van der Waals surface area contributed by atoms with Crippen molar-refractivity contribution in [1.29, 1.82) is 0 Å². The Morgan fingerprint density at radius 3 is 2.67 bits per heavy atom. The van der Waals surface area contributed by atoms with Crippen LogP contribution in [0.1, 0.15) is 55.9 Å². The van der Waals surface area contributed by atoms with Crippen LogP contribution in [-0.2, 0) is 0 Å². The van der Waals surface area contributed by atoms with Gasteiger partial charge in [-0.3, -0.25) is 14.2 Å². The molecule has 2 N–H and O–H groups in total. The molecular weight excluding hydrogens is 375 g/mol. The number of amides is 1. The van der Waals surface area contributed by atoms with E-state index in [9.17, 15) is 14.7 Å². The highest BCUT2D eigenvalue weighted by Gasteiger charge is 2.23. The Kier molecular flexibility index (Phi) is 8.14. The molecule has 144 valence electrons. The molecule has 1 aliphatic rings. The number of nitrogens with zero attached hydrogens (tertiary/aromatic N) is 2. The van der Waals surface area contributed by atoms with Crippen molar-refractivity contribution in [2.75, 3.05) is 26.2 Å². The summed E-state index contributed by atoms with van der Waals surface area (Å²) in [6.45, 7) is 7.50. The summed E-state index contributed by atoms with van der Waals surface area (Å²) in [7, 11) is 0. The maximum Gasteiger partial charge on any atom is 0.268 e. The van der Waals surface area contributed by atoms with Gasteiger partial charge in [0.15, 0.2) is 0 Å². The number of aromatic nitrogens is 1. The Balaban J connectivity index is 0.00000261. The lowest BCUT2D eigenvalue weighted by atomic mass is 10.1. The van der Waals surface area contributed by atoms with Crippen molar-refractivity contribution >= 4 is 50.5 Å². The lowest BCUT2D eigenvalue weighted by Gasteiger charge is -2.26. The van der Waals surface area contributed by atoms with Crippen LogP contribution in [0.2, 0.25) is 0 Å². The van der Waals surface area contributed by atoms with E-state index in [1.165, 1.54) is 30.6 Å². The third kappa shape index (κ3) is 4.85. The molecule has 1 amide bonds. The zero-order valence-corrected chi connectivity index (χ0v) is 18.4. The molecule has 0 bridgehead atoms. The number of hydrogen-bond acceptors (Lipinski definition) is 5. The van der Waals surface area contributed by atoms with Crippen LogP contribution in [0.5, 0.6) is 5.75 Å². The SMILES string of the molecule is CC(C)n1c(=O)c(C(=O)NCCCN2CCCCC2)c(O)c2ccsc21.[Mg]. The van der Waals surface area contributed by atoms with Gasteiger partial charge in [-0.15, -0.1) is 11.3 Å². The average molecular weight is 402 g/mol. The molecule has 2 aromatic rings. The highest BCUT2D eigenvalue weighted by molar-refractivity contribution is 7.16. The summed E-state index contributed by atoms with van der Waals surface area (Å²) in [5.41, 5.74) is -0.580. The fourth-order valence-corrected chi connectivity index (χ4v) is 4.60. The van der Waals surface area contributed by atoms with E-state index in [4.69, 9.17) is 0 Å². The van der Waals surface area contributed by atoms with Crippen molar-refractivity contribution in [2.45, 2.75) is 45.6 Å². The van der Waals surface area contributed by atoms with E-state index < -0.39 is 11.5 Å². The van der Waals surface area contributed by atoms with Crippen LogP contribution in [-0.4, -0.2) is 69.7 Å². The second-order valence-electron chi connectivity index (χ2n) is 7.14. The van der Waals surface area contributed by atoms with Gasteiger partial charge < -0.3 is 15.3 Å². The largest absolute Gasteiger partial charge is 0.506 e. The maximum absolute atomic E-state index is 12.8.